The Kier molecular flexibility index (Phi) is 4.80. The van der Waals surface area contributed by atoms with Gasteiger partial charge in [0, 0.05) is 5.02 Å². The van der Waals surface area contributed by atoms with Crippen LogP contribution in [-0.2, 0) is 11.2 Å². The average Bonchev–Trinajstić information content (AvgIpc) is 2.42. The van der Waals surface area contributed by atoms with Gasteiger partial charge in [-0.05, 0) is 37.1 Å². The first-order valence-corrected chi connectivity index (χ1v) is 7.03. The van der Waals surface area contributed by atoms with Crippen molar-refractivity contribution in [3.63, 3.8) is 0 Å². The smallest absolute Gasteiger partial charge is 0.224 e. The average molecular weight is 288 g/mol. The molecule has 0 spiro atoms. The van der Waals surface area contributed by atoms with E-state index in [1.807, 2.05) is 38.1 Å². The molecule has 0 fully saturated rings. The van der Waals surface area contributed by atoms with Gasteiger partial charge in [-0.1, -0.05) is 53.6 Å². The predicted molar refractivity (Wildman–Crippen MR) is 82.9 cm³/mol. The Morgan fingerprint density at radius 1 is 1.10 bits per heavy atom. The first-order chi connectivity index (χ1) is 9.54. The number of benzene rings is 2. The van der Waals surface area contributed by atoms with Crippen LogP contribution in [0.1, 0.15) is 29.7 Å². The van der Waals surface area contributed by atoms with Gasteiger partial charge < -0.3 is 5.32 Å². The zero-order valence-electron chi connectivity index (χ0n) is 11.7. The normalized spacial score (nSPS) is 11.9. The highest BCUT2D eigenvalue weighted by atomic mass is 35.5. The number of halogens is 1. The van der Waals surface area contributed by atoms with Gasteiger partial charge in [-0.2, -0.15) is 0 Å². The Morgan fingerprint density at radius 2 is 1.70 bits per heavy atom. The van der Waals surface area contributed by atoms with Gasteiger partial charge in [-0.3, -0.25) is 4.79 Å². The van der Waals surface area contributed by atoms with Crippen LogP contribution >= 0.6 is 11.6 Å². The lowest BCUT2D eigenvalue weighted by Crippen LogP contribution is -2.28. The molecule has 0 aromatic heterocycles. The van der Waals surface area contributed by atoms with E-state index in [0.717, 1.165) is 11.1 Å². The third-order valence-corrected chi connectivity index (χ3v) is 3.48. The molecule has 0 heterocycles. The summed E-state index contributed by atoms with van der Waals surface area (Å²) >= 11 is 5.82. The molecular formula is C17H18ClNO. The second-order valence-electron chi connectivity index (χ2n) is 5.00. The summed E-state index contributed by atoms with van der Waals surface area (Å²) < 4.78 is 0. The number of nitrogens with one attached hydrogen (secondary N) is 1. The van der Waals surface area contributed by atoms with Crippen LogP contribution in [0.15, 0.2) is 48.5 Å². The highest BCUT2D eigenvalue weighted by Crippen LogP contribution is 2.14. The minimum absolute atomic E-state index is 0.00963. The Balaban J connectivity index is 1.93. The van der Waals surface area contributed by atoms with Crippen molar-refractivity contribution in [3.8, 4) is 0 Å². The van der Waals surface area contributed by atoms with Gasteiger partial charge in [-0.25, -0.2) is 0 Å². The van der Waals surface area contributed by atoms with Crippen molar-refractivity contribution in [1.82, 2.24) is 5.32 Å². The second-order valence-corrected chi connectivity index (χ2v) is 5.44. The molecule has 3 heteroatoms. The van der Waals surface area contributed by atoms with Crippen molar-refractivity contribution in [2.45, 2.75) is 26.3 Å². The third kappa shape index (κ3) is 4.10. The summed E-state index contributed by atoms with van der Waals surface area (Å²) in [5.74, 6) is 0.0143. The summed E-state index contributed by atoms with van der Waals surface area (Å²) in [5, 5.41) is 3.69. The topological polar surface area (TPSA) is 29.1 Å². The van der Waals surface area contributed by atoms with Gasteiger partial charge in [-0.15, -0.1) is 0 Å². The first kappa shape index (κ1) is 14.6. The van der Waals surface area contributed by atoms with Crippen LogP contribution in [0.4, 0.5) is 0 Å². The van der Waals surface area contributed by atoms with Crippen molar-refractivity contribution in [3.05, 3.63) is 70.2 Å². The second kappa shape index (κ2) is 6.58. The Hall–Kier alpha value is -1.80. The fourth-order valence-electron chi connectivity index (χ4n) is 2.02. The number of carbonyl (C=O) groups excluding carboxylic acids is 1. The molecule has 2 nitrogen and oxygen atoms in total. The summed E-state index contributed by atoms with van der Waals surface area (Å²) in [4.78, 5) is 12.0. The molecule has 0 aliphatic rings. The standard InChI is InChI=1S/C17H18ClNO/c1-12-3-7-15(8-4-12)13(2)19-17(20)11-14-5-9-16(18)10-6-14/h3-10,13H,11H2,1-2H3,(H,19,20)/t13-/m0/s1. The van der Waals surface area contributed by atoms with E-state index in [4.69, 9.17) is 11.6 Å². The van der Waals surface area contributed by atoms with Crippen molar-refractivity contribution in [2.24, 2.45) is 0 Å². The predicted octanol–water partition coefficient (Wildman–Crippen LogP) is 4.07. The van der Waals surface area contributed by atoms with Gasteiger partial charge in [0.05, 0.1) is 12.5 Å². The van der Waals surface area contributed by atoms with Gasteiger partial charge >= 0.3 is 0 Å². The van der Waals surface area contributed by atoms with E-state index in [2.05, 4.69) is 17.4 Å². The van der Waals surface area contributed by atoms with Crippen LogP contribution in [0.5, 0.6) is 0 Å². The molecule has 0 saturated carbocycles. The maximum atomic E-state index is 12.0. The fourth-order valence-corrected chi connectivity index (χ4v) is 2.14. The largest absolute Gasteiger partial charge is 0.349 e. The number of amides is 1. The van der Waals surface area contributed by atoms with Crippen LogP contribution in [0.2, 0.25) is 5.02 Å². The van der Waals surface area contributed by atoms with Gasteiger partial charge in [0.1, 0.15) is 0 Å². The number of carbonyl (C=O) groups is 1. The molecule has 0 aliphatic heterocycles. The highest BCUT2D eigenvalue weighted by Gasteiger charge is 2.09. The number of hydrogen-bond donors (Lipinski definition) is 1. The fraction of sp³-hybridized carbons (Fsp3) is 0.235. The van der Waals surface area contributed by atoms with Crippen LogP contribution < -0.4 is 5.32 Å². The maximum Gasteiger partial charge on any atom is 0.224 e. The molecule has 104 valence electrons. The maximum absolute atomic E-state index is 12.0. The number of hydrogen-bond acceptors (Lipinski definition) is 1. The van der Waals surface area contributed by atoms with E-state index in [-0.39, 0.29) is 11.9 Å². The lowest BCUT2D eigenvalue weighted by atomic mass is 10.1. The SMILES string of the molecule is Cc1ccc([C@H](C)NC(=O)Cc2ccc(Cl)cc2)cc1. The van der Waals surface area contributed by atoms with Gasteiger partial charge in [0.15, 0.2) is 0 Å². The number of aryl methyl sites for hydroxylation is 1. The molecule has 0 saturated heterocycles. The zero-order valence-corrected chi connectivity index (χ0v) is 12.4. The van der Waals surface area contributed by atoms with Crippen molar-refractivity contribution < 1.29 is 4.79 Å². The zero-order chi connectivity index (χ0) is 14.5. The molecule has 20 heavy (non-hydrogen) atoms. The Bertz CT molecular complexity index is 575. The summed E-state index contributed by atoms with van der Waals surface area (Å²) in [7, 11) is 0. The van der Waals surface area contributed by atoms with Gasteiger partial charge in [0.2, 0.25) is 5.91 Å². The summed E-state index contributed by atoms with van der Waals surface area (Å²) in [6.45, 7) is 4.04. The quantitative estimate of drug-likeness (QED) is 0.902. The molecule has 1 amide bonds. The Morgan fingerprint density at radius 3 is 2.30 bits per heavy atom. The van der Waals surface area contributed by atoms with E-state index < -0.39 is 0 Å². The van der Waals surface area contributed by atoms with Crippen molar-refractivity contribution in [1.29, 1.82) is 0 Å². The Labute approximate surface area is 124 Å². The van der Waals surface area contributed by atoms with Crippen molar-refractivity contribution >= 4 is 17.5 Å². The van der Waals surface area contributed by atoms with E-state index in [1.165, 1.54) is 5.56 Å². The van der Waals surface area contributed by atoms with E-state index in [1.54, 1.807) is 12.1 Å². The third-order valence-electron chi connectivity index (χ3n) is 3.23. The van der Waals surface area contributed by atoms with Crippen LogP contribution in [0, 0.1) is 6.92 Å². The van der Waals surface area contributed by atoms with E-state index in [0.29, 0.717) is 11.4 Å². The molecule has 1 atom stereocenters. The molecule has 0 unspecified atom stereocenters. The molecule has 2 aromatic carbocycles. The summed E-state index contributed by atoms with van der Waals surface area (Å²) in [6, 6.07) is 15.5. The van der Waals surface area contributed by atoms with Gasteiger partial charge in [0.25, 0.3) is 0 Å². The van der Waals surface area contributed by atoms with Crippen LogP contribution in [-0.4, -0.2) is 5.91 Å². The summed E-state index contributed by atoms with van der Waals surface area (Å²) in [5.41, 5.74) is 3.29. The van der Waals surface area contributed by atoms with Crippen LogP contribution in [0.25, 0.3) is 0 Å². The lowest BCUT2D eigenvalue weighted by Gasteiger charge is -2.14. The van der Waals surface area contributed by atoms with Crippen molar-refractivity contribution in [2.75, 3.05) is 0 Å². The lowest BCUT2D eigenvalue weighted by molar-refractivity contribution is -0.121. The van der Waals surface area contributed by atoms with E-state index in [9.17, 15) is 4.79 Å². The molecule has 2 rings (SSSR count). The molecule has 2 aromatic rings. The molecular weight excluding hydrogens is 270 g/mol. The molecule has 0 radical (unpaired) electrons. The molecule has 0 bridgehead atoms. The summed E-state index contributed by atoms with van der Waals surface area (Å²) in [6.07, 6.45) is 0.368. The molecule has 0 aliphatic carbocycles. The van der Waals surface area contributed by atoms with E-state index >= 15 is 0 Å². The number of rotatable bonds is 4. The highest BCUT2D eigenvalue weighted by molar-refractivity contribution is 6.30. The minimum Gasteiger partial charge on any atom is -0.349 e. The monoisotopic (exact) mass is 287 g/mol. The first-order valence-electron chi connectivity index (χ1n) is 6.65. The molecule has 1 N–H and O–H groups in total. The minimum atomic E-state index is 0.00963. The van der Waals surface area contributed by atoms with Crippen LogP contribution in [0.3, 0.4) is 0 Å².